The highest BCUT2D eigenvalue weighted by Crippen LogP contribution is 2.24. The first-order chi connectivity index (χ1) is 6.00. The molecule has 1 heteroatoms. The van der Waals surface area contributed by atoms with Crippen molar-refractivity contribution in [3.8, 4) is 5.75 Å². The maximum absolute atomic E-state index is 9.68. The van der Waals surface area contributed by atoms with Gasteiger partial charge in [0.15, 0.2) is 0 Å². The van der Waals surface area contributed by atoms with Crippen LogP contribution in [0.5, 0.6) is 5.75 Å². The molecule has 13 heavy (non-hydrogen) atoms. The standard InChI is InChI=1S/C12H16O/c1-8(2)5-11-10(4)6-9(3)7-12(11)13/h6-7,13H,1,5H2,2-4H3. The lowest BCUT2D eigenvalue weighted by atomic mass is 9.99. The molecule has 0 amide bonds. The third-order valence-electron chi connectivity index (χ3n) is 2.07. The van der Waals surface area contributed by atoms with Gasteiger partial charge in [-0.3, -0.25) is 0 Å². The number of phenols is 1. The number of benzene rings is 1. The molecule has 0 spiro atoms. The van der Waals surface area contributed by atoms with Crippen molar-refractivity contribution >= 4 is 0 Å². The number of aryl methyl sites for hydroxylation is 2. The first-order valence-electron chi connectivity index (χ1n) is 4.44. The minimum atomic E-state index is 0.389. The van der Waals surface area contributed by atoms with Crippen LogP contribution in [0.3, 0.4) is 0 Å². The van der Waals surface area contributed by atoms with Crippen molar-refractivity contribution in [2.75, 3.05) is 0 Å². The second-order valence-corrected chi connectivity index (χ2v) is 3.71. The summed E-state index contributed by atoms with van der Waals surface area (Å²) in [5.74, 6) is 0.389. The van der Waals surface area contributed by atoms with Gasteiger partial charge >= 0.3 is 0 Å². The molecular weight excluding hydrogens is 160 g/mol. The number of phenolic OH excluding ortho intramolecular Hbond substituents is 1. The Morgan fingerprint density at radius 1 is 1.38 bits per heavy atom. The van der Waals surface area contributed by atoms with Gasteiger partial charge in [-0.2, -0.15) is 0 Å². The average Bonchev–Trinajstić information content (AvgIpc) is 1.96. The number of hydrogen-bond acceptors (Lipinski definition) is 1. The Balaban J connectivity index is 3.13. The summed E-state index contributed by atoms with van der Waals surface area (Å²) in [6.07, 6.45) is 0.762. The molecule has 0 saturated carbocycles. The third kappa shape index (κ3) is 2.35. The zero-order valence-electron chi connectivity index (χ0n) is 8.52. The number of hydrogen-bond donors (Lipinski definition) is 1. The van der Waals surface area contributed by atoms with Gasteiger partial charge in [0.2, 0.25) is 0 Å². The van der Waals surface area contributed by atoms with Crippen molar-refractivity contribution in [3.63, 3.8) is 0 Å². The van der Waals surface area contributed by atoms with E-state index in [1.807, 2.05) is 20.8 Å². The molecule has 0 radical (unpaired) electrons. The minimum Gasteiger partial charge on any atom is -0.508 e. The van der Waals surface area contributed by atoms with Gasteiger partial charge in [0.05, 0.1) is 0 Å². The van der Waals surface area contributed by atoms with Crippen LogP contribution < -0.4 is 0 Å². The Bertz CT molecular complexity index is 314. The fourth-order valence-corrected chi connectivity index (χ4v) is 1.51. The van der Waals surface area contributed by atoms with E-state index in [4.69, 9.17) is 0 Å². The van der Waals surface area contributed by atoms with E-state index < -0.39 is 0 Å². The largest absolute Gasteiger partial charge is 0.508 e. The van der Waals surface area contributed by atoms with Gasteiger partial charge in [-0.15, -0.1) is 0 Å². The summed E-state index contributed by atoms with van der Waals surface area (Å²) in [5.41, 5.74) is 4.31. The summed E-state index contributed by atoms with van der Waals surface area (Å²) in [6, 6.07) is 3.88. The molecule has 0 fully saturated rings. The van der Waals surface area contributed by atoms with Crippen LogP contribution in [0.4, 0.5) is 0 Å². The molecule has 0 aliphatic rings. The molecule has 1 N–H and O–H groups in total. The molecule has 1 aromatic rings. The molecule has 0 atom stereocenters. The average molecular weight is 176 g/mol. The van der Waals surface area contributed by atoms with E-state index in [2.05, 4.69) is 12.6 Å². The van der Waals surface area contributed by atoms with E-state index in [0.29, 0.717) is 5.75 Å². The maximum atomic E-state index is 9.68. The molecule has 0 aliphatic carbocycles. The van der Waals surface area contributed by atoms with Gasteiger partial charge in [0, 0.05) is 5.56 Å². The molecule has 0 unspecified atom stereocenters. The molecule has 70 valence electrons. The van der Waals surface area contributed by atoms with Crippen molar-refractivity contribution in [3.05, 3.63) is 41.0 Å². The molecule has 1 nitrogen and oxygen atoms in total. The molecule has 0 heterocycles. The fraction of sp³-hybridized carbons (Fsp3) is 0.333. The van der Waals surface area contributed by atoms with Crippen molar-refractivity contribution in [1.29, 1.82) is 0 Å². The van der Waals surface area contributed by atoms with Crippen LogP contribution >= 0.6 is 0 Å². The predicted molar refractivity (Wildman–Crippen MR) is 56.1 cm³/mol. The van der Waals surface area contributed by atoms with Crippen LogP contribution in [0, 0.1) is 13.8 Å². The lowest BCUT2D eigenvalue weighted by Crippen LogP contribution is -1.92. The highest BCUT2D eigenvalue weighted by Gasteiger charge is 2.05. The summed E-state index contributed by atoms with van der Waals surface area (Å²) >= 11 is 0. The van der Waals surface area contributed by atoms with Crippen LogP contribution in [0.1, 0.15) is 23.6 Å². The highest BCUT2D eigenvalue weighted by atomic mass is 16.3. The second-order valence-electron chi connectivity index (χ2n) is 3.71. The molecule has 0 aliphatic heterocycles. The monoisotopic (exact) mass is 176 g/mol. The Morgan fingerprint density at radius 3 is 2.46 bits per heavy atom. The Morgan fingerprint density at radius 2 is 2.00 bits per heavy atom. The maximum Gasteiger partial charge on any atom is 0.119 e. The molecule has 1 aromatic carbocycles. The van der Waals surface area contributed by atoms with Crippen LogP contribution in [-0.2, 0) is 6.42 Å². The SMILES string of the molecule is C=C(C)Cc1c(C)cc(C)cc1O. The smallest absolute Gasteiger partial charge is 0.119 e. The highest BCUT2D eigenvalue weighted by molar-refractivity contribution is 5.43. The lowest BCUT2D eigenvalue weighted by molar-refractivity contribution is 0.468. The summed E-state index contributed by atoms with van der Waals surface area (Å²) in [4.78, 5) is 0. The first kappa shape index (κ1) is 9.85. The van der Waals surface area contributed by atoms with Gasteiger partial charge < -0.3 is 5.11 Å². The van der Waals surface area contributed by atoms with E-state index in [-0.39, 0.29) is 0 Å². The number of aromatic hydroxyl groups is 1. The third-order valence-corrected chi connectivity index (χ3v) is 2.07. The van der Waals surface area contributed by atoms with Crippen molar-refractivity contribution in [2.45, 2.75) is 27.2 Å². The topological polar surface area (TPSA) is 20.2 Å². The Labute approximate surface area is 79.7 Å². The van der Waals surface area contributed by atoms with Gasteiger partial charge in [0.25, 0.3) is 0 Å². The predicted octanol–water partition coefficient (Wildman–Crippen LogP) is 3.13. The zero-order chi connectivity index (χ0) is 10.0. The lowest BCUT2D eigenvalue weighted by Gasteiger charge is -2.09. The minimum absolute atomic E-state index is 0.389. The normalized spacial score (nSPS) is 10.1. The Hall–Kier alpha value is -1.24. The summed E-state index contributed by atoms with van der Waals surface area (Å²) in [6.45, 7) is 9.82. The van der Waals surface area contributed by atoms with E-state index >= 15 is 0 Å². The van der Waals surface area contributed by atoms with Crippen LogP contribution in [0.25, 0.3) is 0 Å². The fourth-order valence-electron chi connectivity index (χ4n) is 1.51. The first-order valence-corrected chi connectivity index (χ1v) is 4.44. The van der Waals surface area contributed by atoms with Crippen molar-refractivity contribution < 1.29 is 5.11 Å². The number of allylic oxidation sites excluding steroid dienone is 1. The van der Waals surface area contributed by atoms with Crippen LogP contribution in [0.2, 0.25) is 0 Å². The molecular formula is C12H16O. The van der Waals surface area contributed by atoms with Gasteiger partial charge in [0.1, 0.15) is 5.75 Å². The van der Waals surface area contributed by atoms with Gasteiger partial charge in [-0.1, -0.05) is 18.2 Å². The van der Waals surface area contributed by atoms with Crippen molar-refractivity contribution in [1.82, 2.24) is 0 Å². The van der Waals surface area contributed by atoms with E-state index in [1.165, 1.54) is 0 Å². The van der Waals surface area contributed by atoms with Gasteiger partial charge in [-0.25, -0.2) is 0 Å². The molecule has 0 saturated heterocycles. The van der Waals surface area contributed by atoms with E-state index in [9.17, 15) is 5.11 Å². The van der Waals surface area contributed by atoms with Crippen LogP contribution in [-0.4, -0.2) is 5.11 Å². The summed E-state index contributed by atoms with van der Waals surface area (Å²) in [7, 11) is 0. The van der Waals surface area contributed by atoms with Crippen molar-refractivity contribution in [2.24, 2.45) is 0 Å². The van der Waals surface area contributed by atoms with Gasteiger partial charge in [-0.05, 0) is 44.4 Å². The molecule has 0 aromatic heterocycles. The zero-order valence-corrected chi connectivity index (χ0v) is 8.52. The summed E-state index contributed by atoms with van der Waals surface area (Å²) < 4.78 is 0. The molecule has 0 bridgehead atoms. The van der Waals surface area contributed by atoms with E-state index in [0.717, 1.165) is 28.7 Å². The Kier molecular flexibility index (Phi) is 2.76. The van der Waals surface area contributed by atoms with Crippen LogP contribution in [0.15, 0.2) is 24.3 Å². The summed E-state index contributed by atoms with van der Waals surface area (Å²) in [5, 5.41) is 9.68. The number of rotatable bonds is 2. The van der Waals surface area contributed by atoms with E-state index in [1.54, 1.807) is 6.07 Å². The second kappa shape index (κ2) is 3.65. The quantitative estimate of drug-likeness (QED) is 0.686. The molecule has 1 rings (SSSR count).